The van der Waals surface area contributed by atoms with Gasteiger partial charge in [0.25, 0.3) is 0 Å². The Morgan fingerprint density at radius 3 is 2.91 bits per heavy atom. The molecule has 1 unspecified atom stereocenters. The van der Waals surface area contributed by atoms with E-state index in [2.05, 4.69) is 10.1 Å². The number of pyridine rings is 1. The van der Waals surface area contributed by atoms with Crippen molar-refractivity contribution in [3.8, 4) is 0 Å². The first-order chi connectivity index (χ1) is 10.6. The summed E-state index contributed by atoms with van der Waals surface area (Å²) in [5.41, 5.74) is 0.856. The number of sulfonamides is 1. The van der Waals surface area contributed by atoms with Crippen LogP contribution in [0.1, 0.15) is 12.6 Å². The van der Waals surface area contributed by atoms with Gasteiger partial charge in [-0.25, -0.2) is 8.42 Å². The quantitative estimate of drug-likeness (QED) is 0.835. The molecule has 0 radical (unpaired) electrons. The number of aromatic nitrogens is 3. The van der Waals surface area contributed by atoms with Gasteiger partial charge in [-0.2, -0.15) is 9.40 Å². The molecular formula is C14H18N4O3S. The molecule has 3 heterocycles. The van der Waals surface area contributed by atoms with E-state index in [9.17, 15) is 8.42 Å². The van der Waals surface area contributed by atoms with Gasteiger partial charge in [0.15, 0.2) is 0 Å². The molecule has 0 saturated heterocycles. The third kappa shape index (κ3) is 2.90. The highest BCUT2D eigenvalue weighted by molar-refractivity contribution is 7.89. The number of rotatable bonds is 4. The van der Waals surface area contributed by atoms with Gasteiger partial charge in [-0.3, -0.25) is 9.67 Å². The van der Waals surface area contributed by atoms with E-state index < -0.39 is 10.0 Å². The summed E-state index contributed by atoms with van der Waals surface area (Å²) in [4.78, 5) is 4.10. The van der Waals surface area contributed by atoms with Crippen LogP contribution in [0.4, 0.5) is 0 Å². The Morgan fingerprint density at radius 2 is 2.18 bits per heavy atom. The molecule has 1 aliphatic heterocycles. The van der Waals surface area contributed by atoms with E-state index in [1.807, 2.05) is 13.0 Å². The van der Waals surface area contributed by atoms with Crippen LogP contribution in [0.25, 0.3) is 0 Å². The Labute approximate surface area is 129 Å². The second-order valence-electron chi connectivity index (χ2n) is 5.07. The van der Waals surface area contributed by atoms with E-state index in [0.717, 1.165) is 5.69 Å². The van der Waals surface area contributed by atoms with Gasteiger partial charge in [-0.1, -0.05) is 0 Å². The normalized spacial score (nSPS) is 19.6. The monoisotopic (exact) mass is 322 g/mol. The SMILES string of the molecule is CCOC1CN(S(=O)(=O)c2cccnc2)Cc2ccnn2C1. The third-order valence-corrected chi connectivity index (χ3v) is 5.40. The van der Waals surface area contributed by atoms with Crippen molar-refractivity contribution in [2.24, 2.45) is 0 Å². The van der Waals surface area contributed by atoms with Crippen molar-refractivity contribution < 1.29 is 13.2 Å². The van der Waals surface area contributed by atoms with Gasteiger partial charge in [0.1, 0.15) is 4.90 Å². The van der Waals surface area contributed by atoms with Crippen LogP contribution in [-0.4, -0.2) is 46.7 Å². The standard InChI is InChI=1S/C14H18N4O3S/c1-2-21-13-10-17(9-12-5-7-16-18(12)11-13)22(19,20)14-4-3-6-15-8-14/h3-8,13H,2,9-11H2,1H3. The minimum absolute atomic E-state index is 0.193. The summed E-state index contributed by atoms with van der Waals surface area (Å²) in [6.07, 6.45) is 4.38. The average molecular weight is 322 g/mol. The van der Waals surface area contributed by atoms with Crippen LogP contribution in [0.15, 0.2) is 41.7 Å². The van der Waals surface area contributed by atoms with Crippen molar-refractivity contribution in [3.63, 3.8) is 0 Å². The lowest BCUT2D eigenvalue weighted by molar-refractivity contribution is 0.0404. The molecular weight excluding hydrogens is 304 g/mol. The molecule has 8 heteroatoms. The maximum absolute atomic E-state index is 12.8. The second kappa shape index (κ2) is 6.15. The van der Waals surface area contributed by atoms with Crippen molar-refractivity contribution in [2.75, 3.05) is 13.2 Å². The maximum atomic E-state index is 12.8. The Kier molecular flexibility index (Phi) is 4.23. The number of nitrogens with zero attached hydrogens (tertiary/aromatic N) is 4. The third-order valence-electron chi connectivity index (χ3n) is 3.60. The van der Waals surface area contributed by atoms with E-state index in [1.165, 1.54) is 10.5 Å². The fourth-order valence-electron chi connectivity index (χ4n) is 2.55. The minimum atomic E-state index is -3.61. The van der Waals surface area contributed by atoms with Crippen molar-refractivity contribution >= 4 is 10.0 Å². The molecule has 1 atom stereocenters. The predicted molar refractivity (Wildman–Crippen MR) is 79.5 cm³/mol. The summed E-state index contributed by atoms with van der Waals surface area (Å²) in [7, 11) is -3.61. The summed E-state index contributed by atoms with van der Waals surface area (Å²) >= 11 is 0. The molecule has 3 rings (SSSR count). The molecule has 0 saturated carbocycles. The largest absolute Gasteiger partial charge is 0.375 e. The topological polar surface area (TPSA) is 77.3 Å². The molecule has 7 nitrogen and oxygen atoms in total. The summed E-state index contributed by atoms with van der Waals surface area (Å²) in [6.45, 7) is 3.56. The van der Waals surface area contributed by atoms with E-state index in [-0.39, 0.29) is 17.5 Å². The Hall–Kier alpha value is -1.77. The predicted octanol–water partition coefficient (Wildman–Crippen LogP) is 0.888. The highest BCUT2D eigenvalue weighted by atomic mass is 32.2. The number of fused-ring (bicyclic) bond motifs is 1. The molecule has 1 aliphatic rings. The molecule has 0 bridgehead atoms. The lowest BCUT2D eigenvalue weighted by Crippen LogP contribution is -2.37. The fourth-order valence-corrected chi connectivity index (χ4v) is 3.96. The number of ether oxygens (including phenoxy) is 1. The summed E-state index contributed by atoms with van der Waals surface area (Å²) in [5, 5.41) is 4.24. The molecule has 22 heavy (non-hydrogen) atoms. The highest BCUT2D eigenvalue weighted by Crippen LogP contribution is 2.21. The first-order valence-corrected chi connectivity index (χ1v) is 8.57. The van der Waals surface area contributed by atoms with Crippen molar-refractivity contribution in [1.29, 1.82) is 0 Å². The second-order valence-corrected chi connectivity index (χ2v) is 7.01. The highest BCUT2D eigenvalue weighted by Gasteiger charge is 2.31. The first-order valence-electron chi connectivity index (χ1n) is 7.13. The zero-order chi connectivity index (χ0) is 15.6. The fraction of sp³-hybridized carbons (Fsp3) is 0.429. The first kappa shape index (κ1) is 15.1. The van der Waals surface area contributed by atoms with Crippen LogP contribution >= 0.6 is 0 Å². The van der Waals surface area contributed by atoms with Crippen molar-refractivity contribution in [1.82, 2.24) is 19.1 Å². The van der Waals surface area contributed by atoms with Crippen LogP contribution in [0, 0.1) is 0 Å². The van der Waals surface area contributed by atoms with Gasteiger partial charge in [-0.15, -0.1) is 0 Å². The summed E-state index contributed by atoms with van der Waals surface area (Å²) in [6, 6.07) is 5.01. The lowest BCUT2D eigenvalue weighted by Gasteiger charge is -2.23. The molecule has 0 N–H and O–H groups in total. The van der Waals surface area contributed by atoms with Crippen LogP contribution in [0.5, 0.6) is 0 Å². The van der Waals surface area contributed by atoms with Gasteiger partial charge in [-0.05, 0) is 25.1 Å². The Morgan fingerprint density at radius 1 is 1.32 bits per heavy atom. The maximum Gasteiger partial charge on any atom is 0.245 e. The van der Waals surface area contributed by atoms with Crippen LogP contribution in [0.3, 0.4) is 0 Å². The smallest absolute Gasteiger partial charge is 0.245 e. The van der Waals surface area contributed by atoms with E-state index in [1.54, 1.807) is 29.2 Å². The molecule has 0 aliphatic carbocycles. The van der Waals surface area contributed by atoms with E-state index >= 15 is 0 Å². The van der Waals surface area contributed by atoms with Crippen molar-refractivity contribution in [2.45, 2.75) is 31.0 Å². The van der Waals surface area contributed by atoms with Crippen LogP contribution in [0.2, 0.25) is 0 Å². The molecule has 0 amide bonds. The molecule has 2 aromatic heterocycles. The van der Waals surface area contributed by atoms with E-state index in [4.69, 9.17) is 4.74 Å². The molecule has 0 fully saturated rings. The molecule has 2 aromatic rings. The van der Waals surface area contributed by atoms with Crippen molar-refractivity contribution in [3.05, 3.63) is 42.5 Å². The lowest BCUT2D eigenvalue weighted by atomic mass is 10.3. The number of hydrogen-bond acceptors (Lipinski definition) is 5. The summed E-state index contributed by atoms with van der Waals surface area (Å²) in [5.74, 6) is 0. The van der Waals surface area contributed by atoms with Gasteiger partial charge < -0.3 is 4.74 Å². The molecule has 118 valence electrons. The Bertz CT molecular complexity index is 730. The Balaban J connectivity index is 1.95. The average Bonchev–Trinajstić information content (AvgIpc) is 2.87. The van der Waals surface area contributed by atoms with Crippen LogP contribution in [-0.2, 0) is 27.8 Å². The van der Waals surface area contributed by atoms with Gasteiger partial charge >= 0.3 is 0 Å². The zero-order valence-corrected chi connectivity index (χ0v) is 13.1. The van der Waals surface area contributed by atoms with Gasteiger partial charge in [0, 0.05) is 31.7 Å². The summed E-state index contributed by atoms with van der Waals surface area (Å²) < 4.78 is 34.6. The van der Waals surface area contributed by atoms with Gasteiger partial charge in [0.2, 0.25) is 10.0 Å². The van der Waals surface area contributed by atoms with E-state index in [0.29, 0.717) is 19.7 Å². The van der Waals surface area contributed by atoms with Crippen LogP contribution < -0.4 is 0 Å². The molecule has 0 aromatic carbocycles. The van der Waals surface area contributed by atoms with Gasteiger partial charge in [0.05, 0.1) is 24.9 Å². The minimum Gasteiger partial charge on any atom is -0.375 e. The number of hydrogen-bond donors (Lipinski definition) is 0. The zero-order valence-electron chi connectivity index (χ0n) is 12.3. The molecule has 0 spiro atoms.